The van der Waals surface area contributed by atoms with Crippen LogP contribution in [0.2, 0.25) is 0 Å². The Kier molecular flexibility index (Phi) is 9.20. The molecular weight excluding hydrogens is 500 g/mol. The summed E-state index contributed by atoms with van der Waals surface area (Å²) in [6, 6.07) is 2.97. The minimum absolute atomic E-state index is 0.0166. The fourth-order valence-corrected chi connectivity index (χ4v) is 4.11. The summed E-state index contributed by atoms with van der Waals surface area (Å²) in [7, 11) is 0. The van der Waals surface area contributed by atoms with E-state index in [1.54, 1.807) is 13.8 Å². The van der Waals surface area contributed by atoms with Crippen molar-refractivity contribution in [3.8, 4) is 36.4 Å². The number of nitrogens with one attached hydrogen (secondary N) is 1. The molecule has 12 nitrogen and oxygen atoms in total. The third-order valence-electron chi connectivity index (χ3n) is 6.08. The van der Waals surface area contributed by atoms with Gasteiger partial charge in [0, 0.05) is 11.5 Å². The number of aliphatic hydroxyl groups is 1. The van der Waals surface area contributed by atoms with Gasteiger partial charge in [0.05, 0.1) is 17.2 Å². The van der Waals surface area contributed by atoms with Crippen LogP contribution in [0.3, 0.4) is 0 Å². The molecule has 0 saturated carbocycles. The van der Waals surface area contributed by atoms with Gasteiger partial charge in [-0.3, -0.25) is 4.84 Å². The molecule has 1 saturated heterocycles. The molecule has 5 atom stereocenters. The summed E-state index contributed by atoms with van der Waals surface area (Å²) in [6.45, 7) is 6.46. The van der Waals surface area contributed by atoms with Crippen LogP contribution in [0.1, 0.15) is 38.3 Å². The lowest BCUT2D eigenvalue weighted by Gasteiger charge is -2.42. The standard InChI is InChI=1S/C26H28N2O10/c1-7-12-34-28-26(32)38-23-20(29)13(4)17(8-2)35-25(23)36-18-11-10-16-21(30)19(15(6)27-33-9-3)24(31)37-22(16)14(18)5/h1,3,10-11,13,17,20,23,25,29-30H,8,12H2,2,4-6H3,(H,28,32)/b27-15-/t13-,17-,20+,23+,25?/m0/s1. The highest BCUT2D eigenvalue weighted by Gasteiger charge is 2.46. The maximum atomic E-state index is 12.7. The Morgan fingerprint density at radius 2 is 2.05 bits per heavy atom. The summed E-state index contributed by atoms with van der Waals surface area (Å²) < 4.78 is 22.8. The first kappa shape index (κ1) is 28.3. The molecule has 3 rings (SSSR count). The van der Waals surface area contributed by atoms with E-state index in [4.69, 9.17) is 36.3 Å². The molecule has 1 aliphatic heterocycles. The van der Waals surface area contributed by atoms with Crippen molar-refractivity contribution in [3.05, 3.63) is 33.7 Å². The number of aromatic hydroxyl groups is 1. The van der Waals surface area contributed by atoms with Crippen molar-refractivity contribution in [3.63, 3.8) is 0 Å². The van der Waals surface area contributed by atoms with Crippen LogP contribution in [0.4, 0.5) is 4.79 Å². The van der Waals surface area contributed by atoms with Gasteiger partial charge >= 0.3 is 11.7 Å². The quantitative estimate of drug-likeness (QED) is 0.153. The normalized spacial score (nSPS) is 23.2. The molecule has 3 N–H and O–H groups in total. The van der Waals surface area contributed by atoms with Gasteiger partial charge in [0.25, 0.3) is 0 Å². The van der Waals surface area contributed by atoms with E-state index < -0.39 is 42.2 Å². The lowest BCUT2D eigenvalue weighted by molar-refractivity contribution is -0.256. The average Bonchev–Trinajstić information content (AvgIpc) is 2.89. The first-order valence-electron chi connectivity index (χ1n) is 11.6. The second-order valence-corrected chi connectivity index (χ2v) is 8.45. The number of rotatable bonds is 8. The van der Waals surface area contributed by atoms with Crippen molar-refractivity contribution < 1.29 is 43.3 Å². The number of hydrogen-bond acceptors (Lipinski definition) is 11. The number of fused-ring (bicyclic) bond motifs is 1. The molecule has 1 fully saturated rings. The number of hydroxylamine groups is 1. The summed E-state index contributed by atoms with van der Waals surface area (Å²) in [5.41, 5.74) is 1.31. The number of terminal acetylenes is 2. The summed E-state index contributed by atoms with van der Waals surface area (Å²) in [6.07, 6.45) is 7.43. The molecule has 1 unspecified atom stereocenters. The summed E-state index contributed by atoms with van der Waals surface area (Å²) in [5.74, 6) is 1.59. The van der Waals surface area contributed by atoms with Crippen molar-refractivity contribution in [2.75, 3.05) is 6.61 Å². The highest BCUT2D eigenvalue weighted by atomic mass is 16.7. The van der Waals surface area contributed by atoms with Crippen LogP contribution < -0.4 is 15.8 Å². The van der Waals surface area contributed by atoms with E-state index in [0.717, 1.165) is 0 Å². The van der Waals surface area contributed by atoms with E-state index in [1.165, 1.54) is 19.1 Å². The van der Waals surface area contributed by atoms with Gasteiger partial charge in [-0.1, -0.05) is 31.3 Å². The third kappa shape index (κ3) is 5.84. The smallest absolute Gasteiger partial charge is 0.431 e. The number of aryl methyl sites for hydroxylation is 1. The molecule has 1 aromatic carbocycles. The summed E-state index contributed by atoms with van der Waals surface area (Å²) in [4.78, 5) is 34.1. The number of carbonyl (C=O) groups excluding carboxylic acids is 1. The SMILES string of the molecule is C#CCONC(=O)O[C@H]1C(Oc2ccc3c(O)c(/C(C)=N\OC#C)c(=O)oc3c2C)O[C@@H](CC)[C@H](C)[C@H]1O. The molecule has 0 radical (unpaired) electrons. The van der Waals surface area contributed by atoms with Crippen LogP contribution in [-0.4, -0.2) is 53.2 Å². The number of amides is 1. The predicted molar refractivity (Wildman–Crippen MR) is 134 cm³/mol. The number of oxime groups is 1. The zero-order valence-electron chi connectivity index (χ0n) is 21.2. The number of benzene rings is 1. The Morgan fingerprint density at radius 1 is 1.32 bits per heavy atom. The van der Waals surface area contributed by atoms with E-state index >= 15 is 0 Å². The number of hydrogen-bond donors (Lipinski definition) is 3. The number of aliphatic hydroxyl groups excluding tert-OH is 1. The van der Waals surface area contributed by atoms with Crippen LogP contribution in [0, 0.1) is 37.7 Å². The first-order chi connectivity index (χ1) is 18.1. The van der Waals surface area contributed by atoms with E-state index in [9.17, 15) is 19.8 Å². The largest absolute Gasteiger partial charge is 0.506 e. The lowest BCUT2D eigenvalue weighted by atomic mass is 9.89. The van der Waals surface area contributed by atoms with Gasteiger partial charge in [-0.15, -0.1) is 6.42 Å². The predicted octanol–water partition coefficient (Wildman–Crippen LogP) is 2.31. The van der Waals surface area contributed by atoms with E-state index in [1.807, 2.05) is 18.5 Å². The van der Waals surface area contributed by atoms with Crippen LogP contribution in [0.5, 0.6) is 11.5 Å². The van der Waals surface area contributed by atoms with Crippen molar-refractivity contribution in [2.24, 2.45) is 11.1 Å². The fraction of sp³-hybridized carbons (Fsp3) is 0.423. The van der Waals surface area contributed by atoms with Crippen LogP contribution >= 0.6 is 0 Å². The summed E-state index contributed by atoms with van der Waals surface area (Å²) in [5, 5.41) is 25.4. The van der Waals surface area contributed by atoms with Crippen LogP contribution in [0.25, 0.3) is 11.0 Å². The van der Waals surface area contributed by atoms with Gasteiger partial charge in [0.2, 0.25) is 6.29 Å². The molecular formula is C26H28N2O10. The highest BCUT2D eigenvalue weighted by molar-refractivity contribution is 6.04. The second kappa shape index (κ2) is 12.3. The molecule has 1 aliphatic rings. The maximum Gasteiger partial charge on any atom is 0.431 e. The first-order valence-corrected chi connectivity index (χ1v) is 11.6. The van der Waals surface area contributed by atoms with Crippen molar-refractivity contribution in [1.29, 1.82) is 0 Å². The van der Waals surface area contributed by atoms with Crippen LogP contribution in [0.15, 0.2) is 26.5 Å². The van der Waals surface area contributed by atoms with Gasteiger partial charge < -0.3 is 33.7 Å². The zero-order valence-corrected chi connectivity index (χ0v) is 21.2. The molecule has 1 aromatic heterocycles. The molecule has 1 amide bonds. The van der Waals surface area contributed by atoms with Crippen molar-refractivity contribution in [2.45, 2.75) is 58.7 Å². The van der Waals surface area contributed by atoms with E-state index in [2.05, 4.69) is 15.9 Å². The monoisotopic (exact) mass is 528 g/mol. The van der Waals surface area contributed by atoms with Gasteiger partial charge in [0.15, 0.2) is 6.10 Å². The second-order valence-electron chi connectivity index (χ2n) is 8.45. The number of ether oxygens (including phenoxy) is 3. The topological polar surface area (TPSA) is 158 Å². The lowest BCUT2D eigenvalue weighted by Crippen LogP contribution is -2.57. The average molecular weight is 529 g/mol. The van der Waals surface area contributed by atoms with Gasteiger partial charge in [-0.25, -0.2) is 9.59 Å². The molecule has 2 aromatic rings. The molecule has 0 aliphatic carbocycles. The Morgan fingerprint density at radius 3 is 2.71 bits per heavy atom. The Hall–Kier alpha value is -4.23. The van der Waals surface area contributed by atoms with E-state index in [-0.39, 0.29) is 40.4 Å². The summed E-state index contributed by atoms with van der Waals surface area (Å²) >= 11 is 0. The Bertz CT molecular complexity index is 1350. The van der Waals surface area contributed by atoms with Gasteiger partial charge in [-0.05, 0) is 32.4 Å². The minimum atomic E-state index is -1.25. The number of carbonyl (C=O) groups is 1. The van der Waals surface area contributed by atoms with Crippen molar-refractivity contribution in [1.82, 2.24) is 5.48 Å². The molecule has 202 valence electrons. The molecule has 0 bridgehead atoms. The van der Waals surface area contributed by atoms with Crippen molar-refractivity contribution >= 4 is 22.8 Å². The molecule has 38 heavy (non-hydrogen) atoms. The third-order valence-corrected chi connectivity index (χ3v) is 6.08. The fourth-order valence-electron chi connectivity index (χ4n) is 4.11. The Balaban J connectivity index is 1.97. The van der Waals surface area contributed by atoms with E-state index in [0.29, 0.717) is 12.0 Å². The maximum absolute atomic E-state index is 12.7. The highest BCUT2D eigenvalue weighted by Crippen LogP contribution is 2.36. The Labute approximate surface area is 218 Å². The zero-order chi connectivity index (χ0) is 28.0. The minimum Gasteiger partial charge on any atom is -0.506 e. The molecule has 0 spiro atoms. The number of nitrogens with zero attached hydrogens (tertiary/aromatic N) is 1. The van der Waals surface area contributed by atoms with Crippen LogP contribution in [-0.2, 0) is 19.1 Å². The molecule has 12 heteroatoms. The van der Waals surface area contributed by atoms with Gasteiger partial charge in [0.1, 0.15) is 41.5 Å². The molecule has 2 heterocycles. The van der Waals surface area contributed by atoms with Gasteiger partial charge in [-0.2, -0.15) is 5.48 Å².